The molecule has 0 radical (unpaired) electrons. The standard InChI is InChI=1S/C17H20O5/c1-11(18)14(17(19)20)9-12-7-8-15(21-2)16(10-12)22-13-5-3-4-6-13/h7-10,13H,3-6H2,1-2H3,(H,19,20). The molecule has 0 spiro atoms. The average molecular weight is 304 g/mol. The van der Waals surface area contributed by atoms with Crippen molar-refractivity contribution in [3.8, 4) is 11.5 Å². The number of hydrogen-bond donors (Lipinski definition) is 1. The first-order chi connectivity index (χ1) is 10.5. The summed E-state index contributed by atoms with van der Waals surface area (Å²) < 4.78 is 11.2. The number of carbonyl (C=O) groups is 2. The molecule has 1 fully saturated rings. The van der Waals surface area contributed by atoms with Crippen molar-refractivity contribution in [2.45, 2.75) is 38.7 Å². The predicted molar refractivity (Wildman–Crippen MR) is 82.2 cm³/mol. The number of hydrogen-bond acceptors (Lipinski definition) is 4. The van der Waals surface area contributed by atoms with Crippen LogP contribution in [-0.2, 0) is 9.59 Å². The lowest BCUT2D eigenvalue weighted by molar-refractivity contribution is -0.134. The summed E-state index contributed by atoms with van der Waals surface area (Å²) in [7, 11) is 1.56. The van der Waals surface area contributed by atoms with Crippen molar-refractivity contribution in [3.63, 3.8) is 0 Å². The maximum Gasteiger partial charge on any atom is 0.339 e. The predicted octanol–water partition coefficient (Wildman–Crippen LogP) is 3.07. The summed E-state index contributed by atoms with van der Waals surface area (Å²) in [5.74, 6) is -0.539. The number of methoxy groups -OCH3 is 1. The average Bonchev–Trinajstić information content (AvgIpc) is 2.97. The minimum Gasteiger partial charge on any atom is -0.493 e. The van der Waals surface area contributed by atoms with Crippen LogP contribution in [0, 0.1) is 0 Å². The number of aliphatic carboxylic acids is 1. The molecule has 0 atom stereocenters. The monoisotopic (exact) mass is 304 g/mol. The van der Waals surface area contributed by atoms with Crippen LogP contribution in [0.2, 0.25) is 0 Å². The van der Waals surface area contributed by atoms with E-state index in [2.05, 4.69) is 0 Å². The van der Waals surface area contributed by atoms with Gasteiger partial charge in [0.05, 0.1) is 13.2 Å². The summed E-state index contributed by atoms with van der Waals surface area (Å²) >= 11 is 0. The Bertz CT molecular complexity index is 581. The molecule has 0 saturated heterocycles. The number of carboxylic acid groups (broad SMARTS) is 1. The van der Waals surface area contributed by atoms with Crippen LogP contribution in [0.5, 0.6) is 11.5 Å². The number of carboxylic acids is 1. The van der Waals surface area contributed by atoms with Gasteiger partial charge in [0.1, 0.15) is 5.57 Å². The number of ether oxygens (including phenoxy) is 2. The fourth-order valence-corrected chi connectivity index (χ4v) is 2.54. The van der Waals surface area contributed by atoms with Gasteiger partial charge in [0.25, 0.3) is 0 Å². The summed E-state index contributed by atoms with van der Waals surface area (Å²) in [5, 5.41) is 9.06. The van der Waals surface area contributed by atoms with E-state index in [0.29, 0.717) is 17.1 Å². The SMILES string of the molecule is COc1ccc(C=C(C(C)=O)C(=O)O)cc1OC1CCCC1. The molecule has 0 aliphatic heterocycles. The van der Waals surface area contributed by atoms with E-state index in [9.17, 15) is 9.59 Å². The molecule has 1 aromatic rings. The van der Waals surface area contributed by atoms with Gasteiger partial charge in [-0.05, 0) is 56.4 Å². The van der Waals surface area contributed by atoms with Crippen LogP contribution < -0.4 is 9.47 Å². The summed E-state index contributed by atoms with van der Waals surface area (Å²) in [4.78, 5) is 22.5. The highest BCUT2D eigenvalue weighted by molar-refractivity contribution is 6.19. The van der Waals surface area contributed by atoms with Crippen molar-refractivity contribution in [1.82, 2.24) is 0 Å². The van der Waals surface area contributed by atoms with E-state index < -0.39 is 11.8 Å². The molecule has 118 valence electrons. The van der Waals surface area contributed by atoms with Crippen molar-refractivity contribution in [3.05, 3.63) is 29.3 Å². The van der Waals surface area contributed by atoms with Gasteiger partial charge in [0.15, 0.2) is 17.3 Å². The van der Waals surface area contributed by atoms with Gasteiger partial charge in [-0.2, -0.15) is 0 Å². The first-order valence-corrected chi connectivity index (χ1v) is 7.32. The smallest absolute Gasteiger partial charge is 0.339 e. The van der Waals surface area contributed by atoms with E-state index in [0.717, 1.165) is 25.7 Å². The van der Waals surface area contributed by atoms with Crippen LogP contribution in [-0.4, -0.2) is 30.1 Å². The van der Waals surface area contributed by atoms with Crippen molar-refractivity contribution < 1.29 is 24.2 Å². The van der Waals surface area contributed by atoms with Crippen LogP contribution >= 0.6 is 0 Å². The number of Topliss-reactive ketones (excluding diaryl/α,β-unsaturated/α-hetero) is 1. The molecule has 0 unspecified atom stereocenters. The summed E-state index contributed by atoms with van der Waals surface area (Å²) in [6.45, 7) is 1.24. The Hall–Kier alpha value is -2.30. The molecule has 1 aliphatic carbocycles. The van der Waals surface area contributed by atoms with Crippen molar-refractivity contribution in [1.29, 1.82) is 0 Å². The Kier molecular flexibility index (Phi) is 5.20. The normalized spacial score (nSPS) is 15.6. The molecule has 1 aromatic carbocycles. The Morgan fingerprint density at radius 1 is 1.23 bits per heavy atom. The lowest BCUT2D eigenvalue weighted by atomic mass is 10.1. The van der Waals surface area contributed by atoms with Gasteiger partial charge in [-0.15, -0.1) is 0 Å². The second-order valence-corrected chi connectivity index (χ2v) is 5.35. The minimum absolute atomic E-state index is 0.167. The molecule has 0 amide bonds. The zero-order valence-corrected chi connectivity index (χ0v) is 12.8. The number of benzene rings is 1. The Balaban J connectivity index is 2.31. The number of ketones is 1. The molecule has 5 heteroatoms. The summed E-state index contributed by atoms with van der Waals surface area (Å²) in [6, 6.07) is 5.13. The van der Waals surface area contributed by atoms with Crippen LogP contribution in [0.15, 0.2) is 23.8 Å². The second-order valence-electron chi connectivity index (χ2n) is 5.35. The van der Waals surface area contributed by atoms with E-state index in [1.54, 1.807) is 25.3 Å². The molecule has 1 N–H and O–H groups in total. The van der Waals surface area contributed by atoms with E-state index in [1.165, 1.54) is 13.0 Å². The summed E-state index contributed by atoms with van der Waals surface area (Å²) in [5.41, 5.74) is 0.346. The zero-order valence-electron chi connectivity index (χ0n) is 12.8. The highest BCUT2D eigenvalue weighted by Gasteiger charge is 2.19. The maximum atomic E-state index is 11.4. The zero-order chi connectivity index (χ0) is 16.1. The van der Waals surface area contributed by atoms with Gasteiger partial charge in [0, 0.05) is 0 Å². The molecule has 1 aliphatic rings. The molecular formula is C17H20O5. The maximum absolute atomic E-state index is 11.4. The molecule has 0 heterocycles. The third kappa shape index (κ3) is 3.87. The number of carbonyl (C=O) groups excluding carboxylic acids is 1. The summed E-state index contributed by atoms with van der Waals surface area (Å²) in [6.07, 6.45) is 5.85. The Labute approximate surface area is 129 Å². The molecular weight excluding hydrogens is 284 g/mol. The van der Waals surface area contributed by atoms with Crippen molar-refractivity contribution in [2.24, 2.45) is 0 Å². The fraction of sp³-hybridized carbons (Fsp3) is 0.412. The molecule has 22 heavy (non-hydrogen) atoms. The molecule has 0 aromatic heterocycles. The van der Waals surface area contributed by atoms with Crippen LogP contribution in [0.3, 0.4) is 0 Å². The van der Waals surface area contributed by atoms with Crippen LogP contribution in [0.1, 0.15) is 38.2 Å². The van der Waals surface area contributed by atoms with E-state index in [4.69, 9.17) is 14.6 Å². The van der Waals surface area contributed by atoms with Crippen molar-refractivity contribution in [2.75, 3.05) is 7.11 Å². The van der Waals surface area contributed by atoms with E-state index in [-0.39, 0.29) is 11.7 Å². The van der Waals surface area contributed by atoms with Gasteiger partial charge in [-0.25, -0.2) is 4.79 Å². The minimum atomic E-state index is -1.23. The molecule has 1 saturated carbocycles. The molecule has 2 rings (SSSR count). The van der Waals surface area contributed by atoms with Crippen LogP contribution in [0.4, 0.5) is 0 Å². The highest BCUT2D eigenvalue weighted by atomic mass is 16.5. The lowest BCUT2D eigenvalue weighted by Crippen LogP contribution is -2.12. The van der Waals surface area contributed by atoms with Gasteiger partial charge in [-0.3, -0.25) is 4.79 Å². The van der Waals surface area contributed by atoms with Crippen molar-refractivity contribution >= 4 is 17.8 Å². The first-order valence-electron chi connectivity index (χ1n) is 7.32. The topological polar surface area (TPSA) is 72.8 Å². The number of rotatable bonds is 6. The third-order valence-electron chi connectivity index (χ3n) is 3.70. The van der Waals surface area contributed by atoms with E-state index >= 15 is 0 Å². The molecule has 0 bridgehead atoms. The second kappa shape index (κ2) is 7.11. The Morgan fingerprint density at radius 3 is 2.45 bits per heavy atom. The largest absolute Gasteiger partial charge is 0.493 e. The lowest BCUT2D eigenvalue weighted by Gasteiger charge is -2.16. The van der Waals surface area contributed by atoms with E-state index in [1.807, 2.05) is 0 Å². The van der Waals surface area contributed by atoms with Gasteiger partial charge >= 0.3 is 5.97 Å². The van der Waals surface area contributed by atoms with Gasteiger partial charge in [-0.1, -0.05) is 6.07 Å². The first kappa shape index (κ1) is 16.1. The Morgan fingerprint density at radius 2 is 1.91 bits per heavy atom. The van der Waals surface area contributed by atoms with Gasteiger partial charge < -0.3 is 14.6 Å². The fourth-order valence-electron chi connectivity index (χ4n) is 2.54. The van der Waals surface area contributed by atoms with Gasteiger partial charge in [0.2, 0.25) is 0 Å². The highest BCUT2D eigenvalue weighted by Crippen LogP contribution is 2.33. The van der Waals surface area contributed by atoms with Crippen LogP contribution in [0.25, 0.3) is 6.08 Å². The third-order valence-corrected chi connectivity index (χ3v) is 3.70. The molecule has 5 nitrogen and oxygen atoms in total. The quantitative estimate of drug-likeness (QED) is 0.497.